The highest BCUT2D eigenvalue weighted by molar-refractivity contribution is 5.94. The van der Waals surface area contributed by atoms with E-state index in [2.05, 4.69) is 15.4 Å². The third-order valence-electron chi connectivity index (χ3n) is 3.72. The standard InChI is InChI=1S/C20H21F3N2O3/c21-20(22,23)14-28-13-16-6-8-17(9-7-16)19(27)24-11-10-18(26)25-12-15-4-2-1-3-5-15/h1-9H,10-14H2,(H,24,27)(H,25,26). The van der Waals surface area contributed by atoms with Crippen LogP contribution in [0.5, 0.6) is 0 Å². The zero-order valence-corrected chi connectivity index (χ0v) is 15.1. The van der Waals surface area contributed by atoms with E-state index in [-0.39, 0.29) is 31.4 Å². The van der Waals surface area contributed by atoms with Gasteiger partial charge in [0.1, 0.15) is 6.61 Å². The fourth-order valence-corrected chi connectivity index (χ4v) is 2.31. The normalized spacial score (nSPS) is 11.1. The van der Waals surface area contributed by atoms with Gasteiger partial charge >= 0.3 is 6.18 Å². The molecule has 0 heterocycles. The Hall–Kier alpha value is -2.87. The van der Waals surface area contributed by atoms with Crippen LogP contribution in [0.25, 0.3) is 0 Å². The van der Waals surface area contributed by atoms with Crippen LogP contribution in [0.3, 0.4) is 0 Å². The van der Waals surface area contributed by atoms with Gasteiger partial charge in [-0.25, -0.2) is 0 Å². The summed E-state index contributed by atoms with van der Waals surface area (Å²) in [5.41, 5.74) is 1.87. The molecule has 2 aromatic rings. The molecule has 0 aliphatic heterocycles. The number of carbonyl (C=O) groups is 2. The Morgan fingerprint density at radius 3 is 2.21 bits per heavy atom. The number of hydrogen-bond donors (Lipinski definition) is 2. The van der Waals surface area contributed by atoms with E-state index >= 15 is 0 Å². The highest BCUT2D eigenvalue weighted by Gasteiger charge is 2.27. The summed E-state index contributed by atoms with van der Waals surface area (Å²) < 4.78 is 40.7. The number of benzene rings is 2. The molecule has 2 aromatic carbocycles. The number of alkyl halides is 3. The number of halogens is 3. The second-order valence-electron chi connectivity index (χ2n) is 6.07. The lowest BCUT2D eigenvalue weighted by Crippen LogP contribution is -2.30. The van der Waals surface area contributed by atoms with E-state index in [1.165, 1.54) is 24.3 Å². The minimum atomic E-state index is -4.37. The maximum absolute atomic E-state index is 12.0. The lowest BCUT2D eigenvalue weighted by Gasteiger charge is -2.09. The van der Waals surface area contributed by atoms with Crippen LogP contribution in [-0.4, -0.2) is 31.1 Å². The van der Waals surface area contributed by atoms with Gasteiger partial charge in [0.2, 0.25) is 5.91 Å². The van der Waals surface area contributed by atoms with Crippen molar-refractivity contribution >= 4 is 11.8 Å². The molecule has 5 nitrogen and oxygen atoms in total. The Morgan fingerprint density at radius 2 is 1.57 bits per heavy atom. The molecule has 0 fully saturated rings. The van der Waals surface area contributed by atoms with Crippen LogP contribution in [0.2, 0.25) is 0 Å². The number of nitrogens with one attached hydrogen (secondary N) is 2. The average molecular weight is 394 g/mol. The van der Waals surface area contributed by atoms with Gasteiger partial charge in [0, 0.05) is 25.1 Å². The third kappa shape index (κ3) is 8.22. The zero-order chi connectivity index (χ0) is 20.4. The predicted molar refractivity (Wildman–Crippen MR) is 97.4 cm³/mol. The maximum Gasteiger partial charge on any atom is 0.411 e. The minimum Gasteiger partial charge on any atom is -0.367 e. The van der Waals surface area contributed by atoms with Gasteiger partial charge < -0.3 is 15.4 Å². The van der Waals surface area contributed by atoms with Gasteiger partial charge in [-0.05, 0) is 23.3 Å². The van der Waals surface area contributed by atoms with Gasteiger partial charge in [-0.1, -0.05) is 42.5 Å². The first-order valence-electron chi connectivity index (χ1n) is 8.66. The van der Waals surface area contributed by atoms with Gasteiger partial charge in [0.25, 0.3) is 5.91 Å². The fraction of sp³-hybridized carbons (Fsp3) is 0.300. The quantitative estimate of drug-likeness (QED) is 0.686. The van der Waals surface area contributed by atoms with E-state index in [0.717, 1.165) is 5.56 Å². The van der Waals surface area contributed by atoms with Crippen LogP contribution >= 0.6 is 0 Å². The summed E-state index contributed by atoms with van der Waals surface area (Å²) >= 11 is 0. The summed E-state index contributed by atoms with van der Waals surface area (Å²) in [5, 5.41) is 5.40. The molecule has 0 radical (unpaired) electrons. The van der Waals surface area contributed by atoms with Crippen molar-refractivity contribution in [2.24, 2.45) is 0 Å². The van der Waals surface area contributed by atoms with Crippen molar-refractivity contribution in [3.05, 3.63) is 71.3 Å². The average Bonchev–Trinajstić information content (AvgIpc) is 2.66. The van der Waals surface area contributed by atoms with Crippen LogP contribution in [0.15, 0.2) is 54.6 Å². The molecule has 150 valence electrons. The predicted octanol–water partition coefficient (Wildman–Crippen LogP) is 3.20. The second-order valence-corrected chi connectivity index (χ2v) is 6.07. The van der Waals surface area contributed by atoms with E-state index in [1.807, 2.05) is 30.3 Å². The zero-order valence-electron chi connectivity index (χ0n) is 15.1. The van der Waals surface area contributed by atoms with Gasteiger partial charge in [0.15, 0.2) is 0 Å². The van der Waals surface area contributed by atoms with Crippen LogP contribution in [0.1, 0.15) is 27.9 Å². The molecule has 2 rings (SSSR count). The molecule has 0 aromatic heterocycles. The molecule has 8 heteroatoms. The smallest absolute Gasteiger partial charge is 0.367 e. The molecule has 0 aliphatic rings. The Kier molecular flexibility index (Phi) is 8.01. The van der Waals surface area contributed by atoms with E-state index in [1.54, 1.807) is 0 Å². The van der Waals surface area contributed by atoms with Crippen molar-refractivity contribution in [3.63, 3.8) is 0 Å². The molecular weight excluding hydrogens is 373 g/mol. The van der Waals surface area contributed by atoms with Crippen LogP contribution < -0.4 is 10.6 Å². The molecule has 0 saturated carbocycles. The van der Waals surface area contributed by atoms with Crippen molar-refractivity contribution in [3.8, 4) is 0 Å². The highest BCUT2D eigenvalue weighted by Crippen LogP contribution is 2.15. The summed E-state index contributed by atoms with van der Waals surface area (Å²) in [6.45, 7) is -0.911. The molecule has 28 heavy (non-hydrogen) atoms. The van der Waals surface area contributed by atoms with E-state index in [9.17, 15) is 22.8 Å². The summed E-state index contributed by atoms with van der Waals surface area (Å²) in [4.78, 5) is 23.8. The summed E-state index contributed by atoms with van der Waals surface area (Å²) in [6.07, 6.45) is -4.23. The molecule has 2 amide bonds. The molecule has 0 unspecified atom stereocenters. The number of amides is 2. The first-order valence-corrected chi connectivity index (χ1v) is 8.66. The Bertz CT molecular complexity index is 763. The Morgan fingerprint density at radius 1 is 0.893 bits per heavy atom. The van der Waals surface area contributed by atoms with E-state index in [0.29, 0.717) is 17.7 Å². The Labute approximate surface area is 160 Å². The number of hydrogen-bond acceptors (Lipinski definition) is 3. The lowest BCUT2D eigenvalue weighted by atomic mass is 10.1. The molecular formula is C20H21F3N2O3. The summed E-state index contributed by atoms with van der Waals surface area (Å²) in [5.74, 6) is -0.542. The highest BCUT2D eigenvalue weighted by atomic mass is 19.4. The summed E-state index contributed by atoms with van der Waals surface area (Å²) in [7, 11) is 0. The topological polar surface area (TPSA) is 67.4 Å². The van der Waals surface area contributed by atoms with Crippen molar-refractivity contribution in [1.29, 1.82) is 0 Å². The van der Waals surface area contributed by atoms with Crippen molar-refractivity contribution in [1.82, 2.24) is 10.6 Å². The van der Waals surface area contributed by atoms with E-state index in [4.69, 9.17) is 0 Å². The van der Waals surface area contributed by atoms with Gasteiger partial charge in [-0.15, -0.1) is 0 Å². The Balaban J connectivity index is 1.67. The molecule has 0 saturated heterocycles. The molecule has 0 spiro atoms. The first kappa shape index (κ1) is 21.4. The number of rotatable bonds is 9. The monoisotopic (exact) mass is 394 g/mol. The number of carbonyl (C=O) groups excluding carboxylic acids is 2. The number of ether oxygens (including phenoxy) is 1. The molecule has 2 N–H and O–H groups in total. The SMILES string of the molecule is O=C(CCNC(=O)c1ccc(COCC(F)(F)F)cc1)NCc1ccccc1. The van der Waals surface area contributed by atoms with Crippen molar-refractivity contribution in [2.75, 3.05) is 13.2 Å². The van der Waals surface area contributed by atoms with Crippen molar-refractivity contribution < 1.29 is 27.5 Å². The lowest BCUT2D eigenvalue weighted by molar-refractivity contribution is -0.176. The summed E-state index contributed by atoms with van der Waals surface area (Å²) in [6, 6.07) is 15.5. The third-order valence-corrected chi connectivity index (χ3v) is 3.72. The van der Waals surface area contributed by atoms with Crippen molar-refractivity contribution in [2.45, 2.75) is 25.7 Å². The van der Waals surface area contributed by atoms with Gasteiger partial charge in [-0.3, -0.25) is 9.59 Å². The largest absolute Gasteiger partial charge is 0.411 e. The molecule has 0 atom stereocenters. The maximum atomic E-state index is 12.0. The fourth-order valence-electron chi connectivity index (χ4n) is 2.31. The van der Waals surface area contributed by atoms with Crippen LogP contribution in [0, 0.1) is 0 Å². The van der Waals surface area contributed by atoms with Crippen LogP contribution in [-0.2, 0) is 22.7 Å². The minimum absolute atomic E-state index is 0.141. The van der Waals surface area contributed by atoms with Crippen LogP contribution in [0.4, 0.5) is 13.2 Å². The second kappa shape index (κ2) is 10.5. The first-order chi connectivity index (χ1) is 13.3. The molecule has 0 bridgehead atoms. The van der Waals surface area contributed by atoms with E-state index < -0.39 is 12.8 Å². The molecule has 0 aliphatic carbocycles. The van der Waals surface area contributed by atoms with Gasteiger partial charge in [-0.2, -0.15) is 13.2 Å². The van der Waals surface area contributed by atoms with Gasteiger partial charge in [0.05, 0.1) is 6.61 Å².